The van der Waals surface area contributed by atoms with Crippen molar-refractivity contribution in [3.8, 4) is 17.2 Å². The van der Waals surface area contributed by atoms with Crippen LogP contribution in [0.3, 0.4) is 0 Å². The Labute approximate surface area is 259 Å². The number of amides is 3. The first-order chi connectivity index (χ1) is 21.2. The minimum Gasteiger partial charge on any atom is -0.497 e. The fourth-order valence-electron chi connectivity index (χ4n) is 5.52. The number of thiazole rings is 1. The molecule has 1 fully saturated rings. The molecule has 0 aliphatic carbocycles. The summed E-state index contributed by atoms with van der Waals surface area (Å²) in [5, 5.41) is 2.25. The Balaban J connectivity index is 1.43. The summed E-state index contributed by atoms with van der Waals surface area (Å²) in [5.74, 6) is -1.80. The van der Waals surface area contributed by atoms with E-state index in [4.69, 9.17) is 14.2 Å². The largest absolute Gasteiger partial charge is 0.497 e. The van der Waals surface area contributed by atoms with Gasteiger partial charge in [-0.2, -0.15) is 0 Å². The Hall–Kier alpha value is -4.62. The lowest BCUT2D eigenvalue weighted by Gasteiger charge is -2.31. The minimum atomic E-state index is -0.865. The number of hydrogen-bond acceptors (Lipinski definition) is 9. The maximum Gasteiger partial charge on any atom is 0.308 e. The highest BCUT2D eigenvalue weighted by atomic mass is 32.2. The summed E-state index contributed by atoms with van der Waals surface area (Å²) in [4.78, 5) is 55.8. The van der Waals surface area contributed by atoms with Gasteiger partial charge in [0.2, 0.25) is 17.7 Å². The molecule has 44 heavy (non-hydrogen) atoms. The predicted molar refractivity (Wildman–Crippen MR) is 164 cm³/mol. The van der Waals surface area contributed by atoms with Crippen molar-refractivity contribution in [3.05, 3.63) is 92.7 Å². The van der Waals surface area contributed by atoms with E-state index in [1.807, 2.05) is 0 Å². The number of imide groups is 1. The third-order valence-corrected chi connectivity index (χ3v) is 10.2. The second-order valence-corrected chi connectivity index (χ2v) is 12.2. The van der Waals surface area contributed by atoms with Gasteiger partial charge in [0.15, 0.2) is 11.5 Å². The van der Waals surface area contributed by atoms with Gasteiger partial charge < -0.3 is 19.5 Å². The number of methoxy groups -OCH3 is 3. The van der Waals surface area contributed by atoms with Gasteiger partial charge in [0.1, 0.15) is 23.4 Å². The van der Waals surface area contributed by atoms with E-state index in [9.17, 15) is 23.6 Å². The van der Waals surface area contributed by atoms with Crippen molar-refractivity contribution in [2.24, 2.45) is 5.92 Å². The maximum atomic E-state index is 14.1. The number of hydrogen-bond donors (Lipinski definition) is 1. The number of nitrogens with zero attached hydrogens (tertiary/aromatic N) is 2. The summed E-state index contributed by atoms with van der Waals surface area (Å²) < 4.78 is 30.8. The van der Waals surface area contributed by atoms with Crippen LogP contribution in [0.2, 0.25) is 0 Å². The normalized spacial score (nSPS) is 18.9. The first-order valence-electron chi connectivity index (χ1n) is 13.4. The molecular weight excluding hydrogens is 609 g/mol. The van der Waals surface area contributed by atoms with E-state index in [0.29, 0.717) is 44.1 Å². The van der Waals surface area contributed by atoms with Crippen LogP contribution < -0.4 is 29.3 Å². The van der Waals surface area contributed by atoms with Crippen molar-refractivity contribution in [2.45, 2.75) is 22.7 Å². The standard InChI is InChI=1S/C31H26FN3O7S2/c1-40-20-11-9-19(10-12-20)35-28(37)25-24(16-4-13-21(41-2)22(14-16)42-3)27-30(43-26(25)29(35)38)34(31(39)44-27)15-23(36)33-18-7-5-17(32)6-8-18/h4-14,24-26H,15H2,1-3H3,(H,33,36)/t24-,25?,26?/m1/s1. The molecule has 2 unspecified atom stereocenters. The van der Waals surface area contributed by atoms with Gasteiger partial charge in [0.05, 0.1) is 38.0 Å². The van der Waals surface area contributed by atoms with E-state index >= 15 is 0 Å². The molecule has 2 aliphatic heterocycles. The summed E-state index contributed by atoms with van der Waals surface area (Å²) in [7, 11) is 4.53. The number of anilines is 2. The summed E-state index contributed by atoms with van der Waals surface area (Å²) >= 11 is 2.04. The van der Waals surface area contributed by atoms with Crippen LogP contribution in [0.4, 0.5) is 15.8 Å². The van der Waals surface area contributed by atoms with Gasteiger partial charge >= 0.3 is 4.87 Å². The fourth-order valence-corrected chi connectivity index (χ4v) is 8.30. The Bertz CT molecular complexity index is 1820. The zero-order valence-electron chi connectivity index (χ0n) is 23.7. The Morgan fingerprint density at radius 2 is 1.59 bits per heavy atom. The van der Waals surface area contributed by atoms with Gasteiger partial charge in [0.25, 0.3) is 0 Å². The van der Waals surface area contributed by atoms with E-state index in [2.05, 4.69) is 5.32 Å². The molecule has 0 saturated carbocycles. The minimum absolute atomic E-state index is 0.338. The second-order valence-electron chi connectivity index (χ2n) is 10.0. The number of nitrogens with one attached hydrogen (secondary N) is 1. The number of fused-ring (bicyclic) bond motifs is 2. The highest BCUT2D eigenvalue weighted by Gasteiger charge is 2.57. The third-order valence-electron chi connectivity index (χ3n) is 7.58. The van der Waals surface area contributed by atoms with E-state index in [0.717, 1.165) is 23.1 Å². The summed E-state index contributed by atoms with van der Waals surface area (Å²) in [6.07, 6.45) is 0. The van der Waals surface area contributed by atoms with Gasteiger partial charge in [-0.25, -0.2) is 9.29 Å². The van der Waals surface area contributed by atoms with Crippen molar-refractivity contribution in [3.63, 3.8) is 0 Å². The van der Waals surface area contributed by atoms with Crippen LogP contribution >= 0.6 is 23.1 Å². The van der Waals surface area contributed by atoms with Crippen molar-refractivity contribution in [1.82, 2.24) is 4.57 Å². The van der Waals surface area contributed by atoms with Gasteiger partial charge in [-0.3, -0.25) is 23.7 Å². The molecule has 3 amide bonds. The van der Waals surface area contributed by atoms with E-state index in [1.165, 1.54) is 55.1 Å². The quantitative estimate of drug-likeness (QED) is 0.281. The highest BCUT2D eigenvalue weighted by molar-refractivity contribution is 8.00. The van der Waals surface area contributed by atoms with Crippen LogP contribution in [0.25, 0.3) is 0 Å². The zero-order valence-corrected chi connectivity index (χ0v) is 25.4. The summed E-state index contributed by atoms with van der Waals surface area (Å²) in [6, 6.07) is 17.1. The topological polar surface area (TPSA) is 116 Å². The molecule has 0 radical (unpaired) electrons. The molecule has 1 aromatic heterocycles. The molecule has 4 aromatic rings. The van der Waals surface area contributed by atoms with Gasteiger partial charge in [0, 0.05) is 16.5 Å². The molecule has 13 heteroatoms. The Morgan fingerprint density at radius 1 is 0.886 bits per heavy atom. The highest BCUT2D eigenvalue weighted by Crippen LogP contribution is 2.54. The number of carbonyl (C=O) groups is 3. The summed E-state index contributed by atoms with van der Waals surface area (Å²) in [6.45, 7) is -0.338. The van der Waals surface area contributed by atoms with Crippen molar-refractivity contribution in [2.75, 3.05) is 31.5 Å². The monoisotopic (exact) mass is 635 g/mol. The van der Waals surface area contributed by atoms with E-state index < -0.39 is 45.5 Å². The molecule has 2 aliphatic rings. The molecule has 6 rings (SSSR count). The number of rotatable bonds is 8. The number of carbonyl (C=O) groups excluding carboxylic acids is 3. The second kappa shape index (κ2) is 11.8. The molecule has 226 valence electrons. The van der Waals surface area contributed by atoms with Crippen molar-refractivity contribution in [1.29, 1.82) is 0 Å². The van der Waals surface area contributed by atoms with Crippen LogP contribution in [0.15, 0.2) is 76.6 Å². The predicted octanol–water partition coefficient (Wildman–Crippen LogP) is 4.51. The SMILES string of the molecule is COc1ccc(N2C(=O)C3Sc4c(sc(=O)n4CC(=O)Nc4ccc(F)cc4)[C@H](c4ccc(OC)c(OC)c4)C3C2=O)cc1. The number of halogens is 1. The molecule has 1 saturated heterocycles. The molecule has 0 bridgehead atoms. The van der Waals surface area contributed by atoms with Crippen LogP contribution in [0.5, 0.6) is 17.2 Å². The number of ether oxygens (including phenoxy) is 3. The number of benzene rings is 3. The van der Waals surface area contributed by atoms with Crippen molar-refractivity contribution >= 4 is 52.2 Å². The number of aromatic nitrogens is 1. The molecular formula is C31H26FN3O7S2. The zero-order chi connectivity index (χ0) is 31.1. The molecule has 0 spiro atoms. The Morgan fingerprint density at radius 3 is 2.25 bits per heavy atom. The van der Waals surface area contributed by atoms with Crippen LogP contribution in [-0.2, 0) is 20.9 Å². The molecule has 3 heterocycles. The molecule has 10 nitrogen and oxygen atoms in total. The maximum absolute atomic E-state index is 14.1. The first-order valence-corrected chi connectivity index (χ1v) is 15.1. The van der Waals surface area contributed by atoms with Crippen LogP contribution in [0, 0.1) is 11.7 Å². The lowest BCUT2D eigenvalue weighted by atomic mass is 9.83. The average molecular weight is 636 g/mol. The fraction of sp³-hybridized carbons (Fsp3) is 0.226. The van der Waals surface area contributed by atoms with Gasteiger partial charge in [-0.1, -0.05) is 29.2 Å². The first kappa shape index (κ1) is 29.5. The van der Waals surface area contributed by atoms with Crippen LogP contribution in [0.1, 0.15) is 16.4 Å². The average Bonchev–Trinajstić information content (AvgIpc) is 3.47. The lowest BCUT2D eigenvalue weighted by Crippen LogP contribution is -2.33. The van der Waals surface area contributed by atoms with Gasteiger partial charge in [-0.15, -0.1) is 0 Å². The molecule has 3 aromatic carbocycles. The van der Waals surface area contributed by atoms with Crippen molar-refractivity contribution < 1.29 is 33.0 Å². The lowest BCUT2D eigenvalue weighted by molar-refractivity contribution is -0.122. The van der Waals surface area contributed by atoms with Gasteiger partial charge in [-0.05, 0) is 66.2 Å². The molecule has 1 N–H and O–H groups in total. The van der Waals surface area contributed by atoms with E-state index in [1.54, 1.807) is 42.5 Å². The third kappa shape index (κ3) is 5.11. The van der Waals surface area contributed by atoms with Crippen LogP contribution in [-0.4, -0.2) is 48.9 Å². The summed E-state index contributed by atoms with van der Waals surface area (Å²) in [5.41, 5.74) is 1.43. The Kier molecular flexibility index (Phi) is 7.91. The number of thioether (sulfide) groups is 1. The smallest absolute Gasteiger partial charge is 0.308 e. The molecule has 3 atom stereocenters. The van der Waals surface area contributed by atoms with E-state index in [-0.39, 0.29) is 6.54 Å².